The normalized spacial score (nSPS) is 12.5. The third kappa shape index (κ3) is 5.18. The summed E-state index contributed by atoms with van der Waals surface area (Å²) in [5.41, 5.74) is -0.121. The number of rotatable bonds is 5. The van der Waals surface area contributed by atoms with Gasteiger partial charge in [0.15, 0.2) is 0 Å². The Balaban J connectivity index is 3.64. The van der Waals surface area contributed by atoms with Crippen molar-refractivity contribution in [3.63, 3.8) is 0 Å². The first-order valence-corrected chi connectivity index (χ1v) is 3.86. The van der Waals surface area contributed by atoms with Crippen LogP contribution >= 0.6 is 0 Å². The van der Waals surface area contributed by atoms with E-state index < -0.39 is 0 Å². The third-order valence-electron chi connectivity index (χ3n) is 1.69. The topological polar surface area (TPSA) is 32.7 Å². The molecule has 0 aromatic rings. The lowest BCUT2D eigenvalue weighted by Gasteiger charge is -2.28. The van der Waals surface area contributed by atoms with Crippen LogP contribution in [0.25, 0.3) is 0 Å². The van der Waals surface area contributed by atoms with E-state index in [1.807, 2.05) is 25.8 Å². The highest BCUT2D eigenvalue weighted by atomic mass is 16.5. The lowest BCUT2D eigenvalue weighted by Crippen LogP contribution is -2.39. The van der Waals surface area contributed by atoms with E-state index in [2.05, 4.69) is 0 Å². The molecule has 1 N–H and O–H groups in total. The standard InChI is InChI=1S/C8H19NO2/c1-8(2,11-4)7-9(3)5-6-10/h10H,5-7H2,1-4H3. The first-order valence-electron chi connectivity index (χ1n) is 3.86. The van der Waals surface area contributed by atoms with Crippen LogP contribution in [0.5, 0.6) is 0 Å². The van der Waals surface area contributed by atoms with Crippen molar-refractivity contribution in [2.45, 2.75) is 19.4 Å². The van der Waals surface area contributed by atoms with Gasteiger partial charge < -0.3 is 14.7 Å². The fourth-order valence-corrected chi connectivity index (χ4v) is 0.964. The van der Waals surface area contributed by atoms with Crippen LogP contribution in [-0.2, 0) is 4.74 Å². The van der Waals surface area contributed by atoms with Crippen LogP contribution in [0.15, 0.2) is 0 Å². The second-order valence-electron chi connectivity index (χ2n) is 3.43. The molecule has 0 amide bonds. The minimum absolute atomic E-state index is 0.121. The molecule has 0 unspecified atom stereocenters. The Morgan fingerprint density at radius 2 is 2.00 bits per heavy atom. The zero-order valence-corrected chi connectivity index (χ0v) is 7.92. The number of nitrogens with zero attached hydrogens (tertiary/aromatic N) is 1. The first kappa shape index (κ1) is 10.9. The molecule has 0 fully saturated rings. The number of methoxy groups -OCH3 is 1. The summed E-state index contributed by atoms with van der Waals surface area (Å²) in [5.74, 6) is 0. The molecule has 0 atom stereocenters. The average molecular weight is 161 g/mol. The van der Waals surface area contributed by atoms with E-state index in [1.165, 1.54) is 0 Å². The Hall–Kier alpha value is -0.120. The fourth-order valence-electron chi connectivity index (χ4n) is 0.964. The Bertz CT molecular complexity index is 104. The molecule has 0 heterocycles. The molecule has 0 aromatic heterocycles. The zero-order valence-electron chi connectivity index (χ0n) is 7.92. The quantitative estimate of drug-likeness (QED) is 0.631. The second-order valence-corrected chi connectivity index (χ2v) is 3.43. The van der Waals surface area contributed by atoms with Gasteiger partial charge in [-0.15, -0.1) is 0 Å². The van der Waals surface area contributed by atoms with Crippen LogP contribution in [0.1, 0.15) is 13.8 Å². The van der Waals surface area contributed by atoms with Crippen molar-refractivity contribution in [2.24, 2.45) is 0 Å². The van der Waals surface area contributed by atoms with E-state index >= 15 is 0 Å². The van der Waals surface area contributed by atoms with Crippen molar-refractivity contribution in [1.29, 1.82) is 0 Å². The molecule has 3 heteroatoms. The molecule has 0 saturated heterocycles. The second kappa shape index (κ2) is 4.70. The van der Waals surface area contributed by atoms with E-state index in [4.69, 9.17) is 9.84 Å². The molecule has 0 bridgehead atoms. The Morgan fingerprint density at radius 3 is 2.36 bits per heavy atom. The predicted octanol–water partition coefficient (Wildman–Crippen LogP) is 0.336. The van der Waals surface area contributed by atoms with Gasteiger partial charge in [0.05, 0.1) is 12.2 Å². The van der Waals surface area contributed by atoms with Crippen LogP contribution in [0.2, 0.25) is 0 Å². The van der Waals surface area contributed by atoms with Gasteiger partial charge in [0.1, 0.15) is 0 Å². The third-order valence-corrected chi connectivity index (χ3v) is 1.69. The molecule has 0 aliphatic carbocycles. The van der Waals surface area contributed by atoms with Crippen LogP contribution < -0.4 is 0 Å². The van der Waals surface area contributed by atoms with Gasteiger partial charge in [-0.3, -0.25) is 0 Å². The molecule has 11 heavy (non-hydrogen) atoms. The van der Waals surface area contributed by atoms with Crippen molar-refractivity contribution < 1.29 is 9.84 Å². The molecule has 0 rings (SSSR count). The van der Waals surface area contributed by atoms with Gasteiger partial charge in [-0.2, -0.15) is 0 Å². The van der Waals surface area contributed by atoms with Gasteiger partial charge in [-0.05, 0) is 20.9 Å². The minimum Gasteiger partial charge on any atom is -0.395 e. The molecule has 68 valence electrons. The molecule has 3 nitrogen and oxygen atoms in total. The highest BCUT2D eigenvalue weighted by Gasteiger charge is 2.17. The minimum atomic E-state index is -0.121. The number of hydrogen-bond donors (Lipinski definition) is 1. The molecule has 0 aliphatic heterocycles. The van der Waals surface area contributed by atoms with Gasteiger partial charge in [0.2, 0.25) is 0 Å². The summed E-state index contributed by atoms with van der Waals surface area (Å²) >= 11 is 0. The maximum Gasteiger partial charge on any atom is 0.0748 e. The van der Waals surface area contributed by atoms with Crippen molar-refractivity contribution >= 4 is 0 Å². The maximum atomic E-state index is 8.62. The predicted molar refractivity (Wildman–Crippen MR) is 45.7 cm³/mol. The summed E-state index contributed by atoms with van der Waals surface area (Å²) in [6, 6.07) is 0. The summed E-state index contributed by atoms with van der Waals surface area (Å²) in [6.07, 6.45) is 0. The van der Waals surface area contributed by atoms with Gasteiger partial charge in [0.25, 0.3) is 0 Å². The van der Waals surface area contributed by atoms with Gasteiger partial charge in [-0.1, -0.05) is 0 Å². The SMILES string of the molecule is COC(C)(C)CN(C)CCO. The first-order chi connectivity index (χ1) is 5.02. The van der Waals surface area contributed by atoms with E-state index in [0.717, 1.165) is 6.54 Å². The van der Waals surface area contributed by atoms with Gasteiger partial charge >= 0.3 is 0 Å². The number of likely N-dealkylation sites (N-methyl/N-ethyl adjacent to an activating group) is 1. The van der Waals surface area contributed by atoms with Gasteiger partial charge in [0, 0.05) is 20.2 Å². The monoisotopic (exact) mass is 161 g/mol. The summed E-state index contributed by atoms with van der Waals surface area (Å²) < 4.78 is 5.23. The maximum absolute atomic E-state index is 8.62. The lowest BCUT2D eigenvalue weighted by molar-refractivity contribution is -0.00432. The van der Waals surface area contributed by atoms with Crippen LogP contribution in [0.3, 0.4) is 0 Å². The Kier molecular flexibility index (Phi) is 4.65. The smallest absolute Gasteiger partial charge is 0.0748 e. The number of ether oxygens (including phenoxy) is 1. The molecule has 0 aromatic carbocycles. The fraction of sp³-hybridized carbons (Fsp3) is 1.00. The van der Waals surface area contributed by atoms with E-state index in [1.54, 1.807) is 7.11 Å². The highest BCUT2D eigenvalue weighted by Crippen LogP contribution is 2.07. The summed E-state index contributed by atoms with van der Waals surface area (Å²) in [4.78, 5) is 2.05. The van der Waals surface area contributed by atoms with Crippen LogP contribution in [0.4, 0.5) is 0 Å². The molecule has 0 radical (unpaired) electrons. The zero-order chi connectivity index (χ0) is 8.91. The van der Waals surface area contributed by atoms with Gasteiger partial charge in [-0.25, -0.2) is 0 Å². The highest BCUT2D eigenvalue weighted by molar-refractivity contribution is 4.71. The van der Waals surface area contributed by atoms with Crippen molar-refractivity contribution in [3.8, 4) is 0 Å². The molecule has 0 aliphatic rings. The molecule has 0 spiro atoms. The Morgan fingerprint density at radius 1 is 1.45 bits per heavy atom. The van der Waals surface area contributed by atoms with Crippen molar-refractivity contribution in [1.82, 2.24) is 4.90 Å². The van der Waals surface area contributed by atoms with Crippen molar-refractivity contribution in [2.75, 3.05) is 33.9 Å². The number of hydrogen-bond acceptors (Lipinski definition) is 3. The van der Waals surface area contributed by atoms with E-state index in [-0.39, 0.29) is 12.2 Å². The summed E-state index contributed by atoms with van der Waals surface area (Å²) in [7, 11) is 3.67. The number of aliphatic hydroxyl groups is 1. The average Bonchev–Trinajstić information content (AvgIpc) is 1.87. The van der Waals surface area contributed by atoms with Crippen LogP contribution in [0, 0.1) is 0 Å². The molecular formula is C8H19NO2. The molecule has 0 saturated carbocycles. The molecular weight excluding hydrogens is 142 g/mol. The lowest BCUT2D eigenvalue weighted by atomic mass is 10.1. The number of aliphatic hydroxyl groups excluding tert-OH is 1. The summed E-state index contributed by atoms with van der Waals surface area (Å²) in [5, 5.41) is 8.62. The summed E-state index contributed by atoms with van der Waals surface area (Å²) in [6.45, 7) is 5.80. The largest absolute Gasteiger partial charge is 0.395 e. The van der Waals surface area contributed by atoms with E-state index in [9.17, 15) is 0 Å². The van der Waals surface area contributed by atoms with E-state index in [0.29, 0.717) is 6.54 Å². The van der Waals surface area contributed by atoms with Crippen molar-refractivity contribution in [3.05, 3.63) is 0 Å². The van der Waals surface area contributed by atoms with Crippen LogP contribution in [-0.4, -0.2) is 49.5 Å². The Labute approximate surface area is 69.0 Å².